The number of halogens is 3. The molecule has 1 aromatic heterocycles. The number of nitrogens with one attached hydrogen (secondary N) is 1. The second-order valence-electron chi connectivity index (χ2n) is 4.77. The number of rotatable bonds is 7. The van der Waals surface area contributed by atoms with Gasteiger partial charge in [0.15, 0.2) is 5.69 Å². The summed E-state index contributed by atoms with van der Waals surface area (Å²) in [6.45, 7) is 6.66. The molecule has 3 nitrogen and oxygen atoms in total. The van der Waals surface area contributed by atoms with Gasteiger partial charge in [-0.1, -0.05) is 13.8 Å². The van der Waals surface area contributed by atoms with Crippen LogP contribution in [0.2, 0.25) is 0 Å². The standard InChI is InChI=1S/C12H20F3N3/c1-10(2)9-16-6-3-4-7-18-8-5-11(17-18)12(13,14)15/h5,8,10,16H,3-4,6-7,9H2,1-2H3. The van der Waals surface area contributed by atoms with E-state index in [1.807, 2.05) is 0 Å². The molecule has 0 saturated heterocycles. The molecule has 0 aliphatic carbocycles. The first kappa shape index (κ1) is 15.0. The van der Waals surface area contributed by atoms with Crippen molar-refractivity contribution in [2.45, 2.75) is 39.4 Å². The van der Waals surface area contributed by atoms with Gasteiger partial charge in [0, 0.05) is 12.7 Å². The molecule has 1 heterocycles. The van der Waals surface area contributed by atoms with E-state index in [1.165, 1.54) is 10.9 Å². The summed E-state index contributed by atoms with van der Waals surface area (Å²) < 4.78 is 38.2. The molecule has 1 aromatic rings. The van der Waals surface area contributed by atoms with Crippen LogP contribution in [0.3, 0.4) is 0 Å². The highest BCUT2D eigenvalue weighted by molar-refractivity contribution is 5.03. The molecule has 0 aromatic carbocycles. The SMILES string of the molecule is CC(C)CNCCCCn1ccc(C(F)(F)F)n1. The van der Waals surface area contributed by atoms with Gasteiger partial charge < -0.3 is 5.32 Å². The Hall–Kier alpha value is -1.04. The Kier molecular flexibility index (Phi) is 5.65. The third-order valence-corrected chi connectivity index (χ3v) is 2.47. The van der Waals surface area contributed by atoms with Crippen LogP contribution >= 0.6 is 0 Å². The highest BCUT2D eigenvalue weighted by Gasteiger charge is 2.33. The molecule has 0 fully saturated rings. The number of alkyl halides is 3. The molecule has 104 valence electrons. The molecule has 0 aliphatic rings. The quantitative estimate of drug-likeness (QED) is 0.766. The van der Waals surface area contributed by atoms with Crippen LogP contribution in [0.25, 0.3) is 0 Å². The number of aromatic nitrogens is 2. The zero-order valence-corrected chi connectivity index (χ0v) is 10.8. The van der Waals surface area contributed by atoms with Crippen LogP contribution in [0.15, 0.2) is 12.3 Å². The first-order chi connectivity index (χ1) is 8.39. The van der Waals surface area contributed by atoms with E-state index in [0.29, 0.717) is 12.5 Å². The van der Waals surface area contributed by atoms with Crippen molar-refractivity contribution in [1.82, 2.24) is 15.1 Å². The summed E-state index contributed by atoms with van der Waals surface area (Å²) in [6, 6.07) is 1.01. The van der Waals surface area contributed by atoms with Crippen molar-refractivity contribution in [2.75, 3.05) is 13.1 Å². The van der Waals surface area contributed by atoms with Gasteiger partial charge in [0.2, 0.25) is 0 Å². The monoisotopic (exact) mass is 263 g/mol. The van der Waals surface area contributed by atoms with Crippen LogP contribution in [-0.2, 0) is 12.7 Å². The Bertz CT molecular complexity index is 345. The molecule has 0 radical (unpaired) electrons. The van der Waals surface area contributed by atoms with Gasteiger partial charge in [-0.3, -0.25) is 4.68 Å². The predicted molar refractivity (Wildman–Crippen MR) is 64.2 cm³/mol. The van der Waals surface area contributed by atoms with Crippen LogP contribution in [-0.4, -0.2) is 22.9 Å². The molecule has 18 heavy (non-hydrogen) atoms. The number of hydrogen-bond acceptors (Lipinski definition) is 2. The van der Waals surface area contributed by atoms with Crippen LogP contribution in [0.4, 0.5) is 13.2 Å². The summed E-state index contributed by atoms with van der Waals surface area (Å²) in [6.07, 6.45) is -1.20. The molecule has 1 N–H and O–H groups in total. The lowest BCUT2D eigenvalue weighted by Crippen LogP contribution is -2.21. The summed E-state index contributed by atoms with van der Waals surface area (Å²) in [5, 5.41) is 6.79. The van der Waals surface area contributed by atoms with E-state index >= 15 is 0 Å². The highest BCUT2D eigenvalue weighted by Crippen LogP contribution is 2.27. The lowest BCUT2D eigenvalue weighted by Gasteiger charge is -2.07. The Morgan fingerprint density at radius 3 is 2.61 bits per heavy atom. The van der Waals surface area contributed by atoms with Gasteiger partial charge in [-0.25, -0.2) is 0 Å². The Morgan fingerprint density at radius 1 is 1.33 bits per heavy atom. The molecule has 0 spiro atoms. The molecular formula is C12H20F3N3. The van der Waals surface area contributed by atoms with E-state index in [0.717, 1.165) is 32.0 Å². The van der Waals surface area contributed by atoms with Crippen LogP contribution in [0, 0.1) is 5.92 Å². The highest BCUT2D eigenvalue weighted by atomic mass is 19.4. The Morgan fingerprint density at radius 2 is 2.06 bits per heavy atom. The van der Waals surface area contributed by atoms with Gasteiger partial charge in [-0.15, -0.1) is 0 Å². The minimum Gasteiger partial charge on any atom is -0.316 e. The van der Waals surface area contributed by atoms with Gasteiger partial charge in [0.1, 0.15) is 0 Å². The molecule has 0 amide bonds. The minimum absolute atomic E-state index is 0.527. The number of unbranched alkanes of at least 4 members (excludes halogenated alkanes) is 1. The third kappa shape index (κ3) is 5.53. The fourth-order valence-corrected chi connectivity index (χ4v) is 1.55. The molecule has 0 atom stereocenters. The molecule has 0 unspecified atom stereocenters. The van der Waals surface area contributed by atoms with Crippen LogP contribution in [0.5, 0.6) is 0 Å². The third-order valence-electron chi connectivity index (χ3n) is 2.47. The largest absolute Gasteiger partial charge is 0.435 e. The van der Waals surface area contributed by atoms with Gasteiger partial charge >= 0.3 is 6.18 Å². The number of nitrogens with zero attached hydrogens (tertiary/aromatic N) is 2. The van der Waals surface area contributed by atoms with Crippen LogP contribution in [0.1, 0.15) is 32.4 Å². The van der Waals surface area contributed by atoms with Crippen molar-refractivity contribution < 1.29 is 13.2 Å². The van der Waals surface area contributed by atoms with Crippen molar-refractivity contribution in [3.05, 3.63) is 18.0 Å². The first-order valence-electron chi connectivity index (χ1n) is 6.21. The summed E-state index contributed by atoms with van der Waals surface area (Å²) >= 11 is 0. The Balaban J connectivity index is 2.18. The van der Waals surface area contributed by atoms with E-state index in [1.54, 1.807) is 0 Å². The van der Waals surface area contributed by atoms with Crippen molar-refractivity contribution >= 4 is 0 Å². The maximum absolute atomic E-state index is 12.3. The normalized spacial score (nSPS) is 12.3. The summed E-state index contributed by atoms with van der Waals surface area (Å²) in [5.41, 5.74) is -0.819. The molecular weight excluding hydrogens is 243 g/mol. The summed E-state index contributed by atoms with van der Waals surface area (Å²) in [5.74, 6) is 0.616. The van der Waals surface area contributed by atoms with Gasteiger partial charge in [0.05, 0.1) is 0 Å². The topological polar surface area (TPSA) is 29.9 Å². The van der Waals surface area contributed by atoms with E-state index in [9.17, 15) is 13.2 Å². The smallest absolute Gasteiger partial charge is 0.316 e. The van der Waals surface area contributed by atoms with E-state index in [4.69, 9.17) is 0 Å². The second-order valence-corrected chi connectivity index (χ2v) is 4.77. The lowest BCUT2D eigenvalue weighted by molar-refractivity contribution is -0.141. The molecule has 0 bridgehead atoms. The second kappa shape index (κ2) is 6.78. The average Bonchev–Trinajstić information content (AvgIpc) is 2.71. The van der Waals surface area contributed by atoms with Crippen LogP contribution < -0.4 is 5.32 Å². The van der Waals surface area contributed by atoms with Crippen molar-refractivity contribution in [1.29, 1.82) is 0 Å². The summed E-state index contributed by atoms with van der Waals surface area (Å²) in [7, 11) is 0. The number of hydrogen-bond donors (Lipinski definition) is 1. The molecule has 6 heteroatoms. The summed E-state index contributed by atoms with van der Waals surface area (Å²) in [4.78, 5) is 0. The van der Waals surface area contributed by atoms with Gasteiger partial charge in [0.25, 0.3) is 0 Å². The predicted octanol–water partition coefficient (Wildman–Crippen LogP) is 2.93. The molecule has 1 rings (SSSR count). The lowest BCUT2D eigenvalue weighted by atomic mass is 10.2. The van der Waals surface area contributed by atoms with Crippen molar-refractivity contribution in [3.63, 3.8) is 0 Å². The maximum atomic E-state index is 12.3. The first-order valence-corrected chi connectivity index (χ1v) is 6.21. The van der Waals surface area contributed by atoms with Gasteiger partial charge in [-0.05, 0) is 37.9 Å². The fourth-order valence-electron chi connectivity index (χ4n) is 1.55. The van der Waals surface area contributed by atoms with E-state index < -0.39 is 11.9 Å². The Labute approximate surface area is 105 Å². The number of aryl methyl sites for hydroxylation is 1. The van der Waals surface area contributed by atoms with Crippen molar-refractivity contribution in [3.8, 4) is 0 Å². The van der Waals surface area contributed by atoms with E-state index in [-0.39, 0.29) is 0 Å². The van der Waals surface area contributed by atoms with Crippen molar-refractivity contribution in [2.24, 2.45) is 5.92 Å². The van der Waals surface area contributed by atoms with E-state index in [2.05, 4.69) is 24.3 Å². The minimum atomic E-state index is -4.34. The van der Waals surface area contributed by atoms with Gasteiger partial charge in [-0.2, -0.15) is 18.3 Å². The average molecular weight is 263 g/mol. The zero-order valence-electron chi connectivity index (χ0n) is 10.8. The zero-order chi connectivity index (χ0) is 13.6. The molecule has 0 aliphatic heterocycles. The molecule has 0 saturated carbocycles. The maximum Gasteiger partial charge on any atom is 0.435 e. The fraction of sp³-hybridized carbons (Fsp3) is 0.750.